The van der Waals surface area contributed by atoms with Crippen LogP contribution in [0.15, 0.2) is 0 Å². The summed E-state index contributed by atoms with van der Waals surface area (Å²) in [6, 6.07) is 0. The highest BCUT2D eigenvalue weighted by molar-refractivity contribution is 5.77. The number of methoxy groups -OCH3 is 1. The lowest BCUT2D eigenvalue weighted by atomic mass is 10.2. The number of morpholine rings is 1. The van der Waals surface area contributed by atoms with Gasteiger partial charge in [-0.2, -0.15) is 0 Å². The molecule has 0 aromatic carbocycles. The Balaban J connectivity index is 2.35. The van der Waals surface area contributed by atoms with Crippen LogP contribution in [-0.4, -0.2) is 63.9 Å². The Labute approximate surface area is 84.4 Å². The summed E-state index contributed by atoms with van der Waals surface area (Å²) in [5.41, 5.74) is 0. The molecule has 1 aliphatic rings. The third-order valence-electron chi connectivity index (χ3n) is 2.19. The van der Waals surface area contributed by atoms with Gasteiger partial charge in [-0.3, -0.25) is 4.79 Å². The Morgan fingerprint density at radius 3 is 3.14 bits per heavy atom. The minimum atomic E-state index is 0.0388. The average molecular weight is 202 g/mol. The van der Waals surface area contributed by atoms with Crippen LogP contribution >= 0.6 is 0 Å². The molecular formula is C9H18N2O3. The number of nitrogens with zero attached hydrogens (tertiary/aromatic N) is 1. The predicted molar refractivity (Wildman–Crippen MR) is 52.1 cm³/mol. The monoisotopic (exact) mass is 202 g/mol. The summed E-state index contributed by atoms with van der Waals surface area (Å²) in [5.74, 6) is 0.0388. The van der Waals surface area contributed by atoms with Gasteiger partial charge in [0.2, 0.25) is 5.91 Å². The summed E-state index contributed by atoms with van der Waals surface area (Å²) in [5, 5.41) is 3.03. The SMILES string of the molecule is CNCC1CN(C(=O)COC)CCO1. The van der Waals surface area contributed by atoms with Crippen LogP contribution in [0, 0.1) is 0 Å². The van der Waals surface area contributed by atoms with Gasteiger partial charge in [-0.25, -0.2) is 0 Å². The van der Waals surface area contributed by atoms with E-state index in [1.165, 1.54) is 7.11 Å². The Hall–Kier alpha value is -0.650. The largest absolute Gasteiger partial charge is 0.375 e. The maximum Gasteiger partial charge on any atom is 0.248 e. The molecule has 5 nitrogen and oxygen atoms in total. The van der Waals surface area contributed by atoms with Crippen molar-refractivity contribution in [2.24, 2.45) is 0 Å². The van der Waals surface area contributed by atoms with E-state index in [9.17, 15) is 4.79 Å². The lowest BCUT2D eigenvalue weighted by Crippen LogP contribution is -2.49. The molecule has 1 unspecified atom stereocenters. The highest BCUT2D eigenvalue weighted by Gasteiger charge is 2.23. The molecular weight excluding hydrogens is 184 g/mol. The molecule has 1 fully saturated rings. The molecule has 1 aliphatic heterocycles. The van der Waals surface area contributed by atoms with Crippen molar-refractivity contribution in [3.63, 3.8) is 0 Å². The Bertz CT molecular complexity index is 185. The zero-order valence-electron chi connectivity index (χ0n) is 8.78. The molecule has 1 N–H and O–H groups in total. The maximum atomic E-state index is 11.5. The molecule has 82 valence electrons. The van der Waals surface area contributed by atoms with Crippen LogP contribution in [0.5, 0.6) is 0 Å². The van der Waals surface area contributed by atoms with E-state index in [1.807, 2.05) is 7.05 Å². The van der Waals surface area contributed by atoms with Crippen molar-refractivity contribution in [1.29, 1.82) is 0 Å². The summed E-state index contributed by atoms with van der Waals surface area (Å²) in [7, 11) is 3.41. The number of likely N-dealkylation sites (N-methyl/N-ethyl adjacent to an activating group) is 1. The number of hydrogen-bond donors (Lipinski definition) is 1. The molecule has 14 heavy (non-hydrogen) atoms. The van der Waals surface area contributed by atoms with E-state index in [1.54, 1.807) is 4.90 Å². The van der Waals surface area contributed by atoms with Gasteiger partial charge in [0, 0.05) is 26.7 Å². The molecule has 1 heterocycles. The fourth-order valence-electron chi connectivity index (χ4n) is 1.51. The summed E-state index contributed by atoms with van der Waals surface area (Å²) in [6.45, 7) is 2.87. The first kappa shape index (κ1) is 11.4. The normalized spacial score (nSPS) is 22.4. The predicted octanol–water partition coefficient (Wildman–Crippen LogP) is -0.920. The van der Waals surface area contributed by atoms with E-state index < -0.39 is 0 Å². The molecule has 0 aromatic heterocycles. The van der Waals surface area contributed by atoms with Gasteiger partial charge in [-0.15, -0.1) is 0 Å². The quantitative estimate of drug-likeness (QED) is 0.640. The van der Waals surface area contributed by atoms with Gasteiger partial charge < -0.3 is 19.7 Å². The van der Waals surface area contributed by atoms with E-state index in [2.05, 4.69) is 5.32 Å². The Morgan fingerprint density at radius 1 is 1.71 bits per heavy atom. The third kappa shape index (κ3) is 3.25. The minimum absolute atomic E-state index is 0.0388. The van der Waals surface area contributed by atoms with Gasteiger partial charge in [-0.05, 0) is 7.05 Å². The molecule has 5 heteroatoms. The summed E-state index contributed by atoms with van der Waals surface area (Å²) < 4.78 is 10.3. The molecule has 0 saturated carbocycles. The molecule has 1 amide bonds. The maximum absolute atomic E-state index is 11.5. The first-order chi connectivity index (χ1) is 6.77. The molecule has 1 saturated heterocycles. The summed E-state index contributed by atoms with van der Waals surface area (Å²) in [4.78, 5) is 13.3. The number of carbonyl (C=O) groups is 1. The van der Waals surface area contributed by atoms with Crippen molar-refractivity contribution < 1.29 is 14.3 Å². The smallest absolute Gasteiger partial charge is 0.248 e. The fourth-order valence-corrected chi connectivity index (χ4v) is 1.51. The zero-order valence-corrected chi connectivity index (χ0v) is 8.78. The first-order valence-electron chi connectivity index (χ1n) is 4.81. The van der Waals surface area contributed by atoms with E-state index in [4.69, 9.17) is 9.47 Å². The van der Waals surface area contributed by atoms with Gasteiger partial charge >= 0.3 is 0 Å². The number of rotatable bonds is 4. The van der Waals surface area contributed by atoms with Gasteiger partial charge in [0.25, 0.3) is 0 Å². The Kier molecular flexibility index (Phi) is 4.86. The first-order valence-corrected chi connectivity index (χ1v) is 4.81. The van der Waals surface area contributed by atoms with Crippen LogP contribution in [0.3, 0.4) is 0 Å². The molecule has 0 radical (unpaired) electrons. The van der Waals surface area contributed by atoms with Crippen LogP contribution in [0.1, 0.15) is 0 Å². The van der Waals surface area contributed by atoms with Crippen molar-refractivity contribution in [3.8, 4) is 0 Å². The number of nitrogens with one attached hydrogen (secondary N) is 1. The number of carbonyl (C=O) groups excluding carboxylic acids is 1. The fraction of sp³-hybridized carbons (Fsp3) is 0.889. The molecule has 0 bridgehead atoms. The molecule has 0 aliphatic carbocycles. The van der Waals surface area contributed by atoms with E-state index in [0.717, 1.165) is 6.54 Å². The highest BCUT2D eigenvalue weighted by atomic mass is 16.5. The topological polar surface area (TPSA) is 50.8 Å². The van der Waals surface area contributed by atoms with Crippen LogP contribution < -0.4 is 5.32 Å². The van der Waals surface area contributed by atoms with Crippen LogP contribution in [0.25, 0.3) is 0 Å². The number of hydrogen-bond acceptors (Lipinski definition) is 4. The number of ether oxygens (including phenoxy) is 2. The second kappa shape index (κ2) is 5.95. The van der Waals surface area contributed by atoms with Gasteiger partial charge in [0.1, 0.15) is 6.61 Å². The highest BCUT2D eigenvalue weighted by Crippen LogP contribution is 2.04. The third-order valence-corrected chi connectivity index (χ3v) is 2.19. The van der Waals surface area contributed by atoms with E-state index in [0.29, 0.717) is 19.7 Å². The molecule has 0 aromatic rings. The van der Waals surface area contributed by atoms with Crippen molar-refractivity contribution in [1.82, 2.24) is 10.2 Å². The van der Waals surface area contributed by atoms with Crippen molar-refractivity contribution in [3.05, 3.63) is 0 Å². The second-order valence-corrected chi connectivity index (χ2v) is 3.32. The van der Waals surface area contributed by atoms with Crippen LogP contribution in [0.4, 0.5) is 0 Å². The lowest BCUT2D eigenvalue weighted by Gasteiger charge is -2.32. The van der Waals surface area contributed by atoms with E-state index in [-0.39, 0.29) is 18.6 Å². The lowest BCUT2D eigenvalue weighted by molar-refractivity contribution is -0.142. The van der Waals surface area contributed by atoms with Crippen molar-refractivity contribution in [2.75, 3.05) is 47.0 Å². The molecule has 0 spiro atoms. The molecule has 1 atom stereocenters. The van der Waals surface area contributed by atoms with Crippen LogP contribution in [-0.2, 0) is 14.3 Å². The summed E-state index contributed by atoms with van der Waals surface area (Å²) >= 11 is 0. The van der Waals surface area contributed by atoms with Crippen molar-refractivity contribution >= 4 is 5.91 Å². The average Bonchev–Trinajstić information content (AvgIpc) is 2.19. The van der Waals surface area contributed by atoms with Crippen molar-refractivity contribution in [2.45, 2.75) is 6.10 Å². The van der Waals surface area contributed by atoms with Crippen LogP contribution in [0.2, 0.25) is 0 Å². The second-order valence-electron chi connectivity index (χ2n) is 3.32. The minimum Gasteiger partial charge on any atom is -0.375 e. The number of amides is 1. The van der Waals surface area contributed by atoms with Gasteiger partial charge in [0.05, 0.1) is 12.7 Å². The van der Waals surface area contributed by atoms with E-state index >= 15 is 0 Å². The van der Waals surface area contributed by atoms with Gasteiger partial charge in [-0.1, -0.05) is 0 Å². The molecule has 1 rings (SSSR count). The standard InChI is InChI=1S/C9H18N2O3/c1-10-5-8-6-11(3-4-14-8)9(12)7-13-2/h8,10H,3-7H2,1-2H3. The van der Waals surface area contributed by atoms with Gasteiger partial charge in [0.15, 0.2) is 0 Å². The summed E-state index contributed by atoms with van der Waals surface area (Å²) in [6.07, 6.45) is 0.106. The zero-order chi connectivity index (χ0) is 10.4. The Morgan fingerprint density at radius 2 is 2.50 bits per heavy atom.